The van der Waals surface area contributed by atoms with Crippen molar-refractivity contribution in [3.63, 3.8) is 0 Å². The molecule has 0 aromatic heterocycles. The van der Waals surface area contributed by atoms with E-state index in [2.05, 4.69) is 240 Å². The van der Waals surface area contributed by atoms with Gasteiger partial charge in [0.1, 0.15) is 0 Å². The first-order chi connectivity index (χ1) is 32.7. The highest BCUT2D eigenvalue weighted by Gasteiger charge is 2.51. The van der Waals surface area contributed by atoms with Gasteiger partial charge in [0.25, 0.3) is 0 Å². The fourth-order valence-electron chi connectivity index (χ4n) is 12.8. The average Bonchev–Trinajstić information content (AvgIpc) is 4.05. The summed E-state index contributed by atoms with van der Waals surface area (Å²) in [6.45, 7) is 0. The van der Waals surface area contributed by atoms with E-state index in [4.69, 9.17) is 0 Å². The molecule has 2 spiro atoms. The zero-order valence-corrected chi connectivity index (χ0v) is 36.7. The van der Waals surface area contributed by atoms with Crippen LogP contribution >= 0.6 is 0 Å². The number of hydrogen-bond acceptors (Lipinski definition) is 2. The minimum Gasteiger partial charge on any atom is -0.310 e. The Morgan fingerprint density at radius 2 is 0.667 bits per heavy atom. The maximum atomic E-state index is 2.67. The fraction of sp³-hybridized carbons (Fsp3) is 0.0938. The van der Waals surface area contributed by atoms with E-state index in [0.717, 1.165) is 48.4 Å². The van der Waals surface area contributed by atoms with E-state index in [-0.39, 0.29) is 10.8 Å². The first-order valence-corrected chi connectivity index (χ1v) is 23.5. The van der Waals surface area contributed by atoms with Crippen molar-refractivity contribution >= 4 is 44.9 Å². The summed E-state index contributed by atoms with van der Waals surface area (Å²) in [6.07, 6.45) is 3.89. The van der Waals surface area contributed by atoms with Crippen LogP contribution in [0.1, 0.15) is 44.5 Å². The van der Waals surface area contributed by atoms with Gasteiger partial charge in [0.2, 0.25) is 0 Å². The Morgan fingerprint density at radius 1 is 0.273 bits per heavy atom. The van der Waals surface area contributed by atoms with E-state index < -0.39 is 0 Å². The molecule has 312 valence electrons. The van der Waals surface area contributed by atoms with Gasteiger partial charge in [-0.05, 0) is 182 Å². The van der Waals surface area contributed by atoms with E-state index in [1.54, 1.807) is 0 Å². The van der Waals surface area contributed by atoms with Crippen LogP contribution in [0, 0.1) is 0 Å². The Bertz CT molecular complexity index is 3410. The van der Waals surface area contributed by atoms with Crippen LogP contribution in [0.3, 0.4) is 0 Å². The molecule has 10 aromatic carbocycles. The van der Waals surface area contributed by atoms with Crippen LogP contribution < -0.4 is 9.80 Å². The normalized spacial score (nSPS) is 15.0. The monoisotopic (exact) mass is 842 g/mol. The summed E-state index contributed by atoms with van der Waals surface area (Å²) in [5.74, 6) is 0. The lowest BCUT2D eigenvalue weighted by atomic mass is 9.63. The van der Waals surface area contributed by atoms with Crippen molar-refractivity contribution in [2.75, 3.05) is 9.80 Å². The van der Waals surface area contributed by atoms with Crippen LogP contribution in [-0.2, 0) is 36.5 Å². The lowest BCUT2D eigenvalue weighted by Gasteiger charge is -2.40. The molecule has 66 heavy (non-hydrogen) atoms. The molecule has 0 heterocycles. The predicted octanol–water partition coefficient (Wildman–Crippen LogP) is 15.9. The summed E-state index contributed by atoms with van der Waals surface area (Å²) >= 11 is 0. The smallest absolute Gasteiger partial charge is 0.0465 e. The highest BCUT2D eigenvalue weighted by molar-refractivity contribution is 6.13. The molecule has 0 atom stereocenters. The van der Waals surface area contributed by atoms with Crippen molar-refractivity contribution < 1.29 is 0 Å². The molecule has 0 N–H and O–H groups in total. The van der Waals surface area contributed by atoms with Crippen molar-refractivity contribution in [1.29, 1.82) is 0 Å². The molecule has 0 fully saturated rings. The van der Waals surface area contributed by atoms with Gasteiger partial charge in [-0.25, -0.2) is 0 Å². The lowest BCUT2D eigenvalue weighted by molar-refractivity contribution is 0.551. The number of nitrogens with zero attached hydrogens (tertiary/aromatic N) is 2. The standard InChI is InChI=1S/C64H46N2/c1-5-22-47(23-6-1)65(48-24-7-2-8-25-48)51-32-34-53-56-38-60-61(55-30-17-31-57(62(55)56)63(58(53)36-51)39-43-18-13-14-19-44(43)40-63)54-35-33-52(37-59(54)64(60)41-45-20-15-16-21-46(45)42-64)66(49-26-9-3-10-27-49)50-28-11-4-12-29-50/h1-38H,39-42H2. The minimum atomic E-state index is -0.229. The first-order valence-electron chi connectivity index (χ1n) is 23.5. The third-order valence-electron chi connectivity index (χ3n) is 15.6. The van der Waals surface area contributed by atoms with Gasteiger partial charge >= 0.3 is 0 Å². The SMILES string of the molecule is c1ccc(N(c2ccccc2)c2ccc3c(c2)C2(Cc4ccccc4C2)c2cc4c5c(cccc5c2-3)C2(Cc3ccccc3C2)c2cc(N(c3ccccc3)c3ccccc3)ccc2-4)cc1. The lowest BCUT2D eigenvalue weighted by Crippen LogP contribution is -2.32. The first kappa shape index (κ1) is 37.4. The average molecular weight is 843 g/mol. The number of rotatable bonds is 6. The van der Waals surface area contributed by atoms with E-state index in [1.807, 2.05) is 0 Å². The summed E-state index contributed by atoms with van der Waals surface area (Å²) in [6, 6.07) is 86.6. The molecule has 14 rings (SSSR count). The van der Waals surface area contributed by atoms with Crippen molar-refractivity contribution in [3.05, 3.63) is 275 Å². The topological polar surface area (TPSA) is 6.48 Å². The summed E-state index contributed by atoms with van der Waals surface area (Å²) < 4.78 is 0. The van der Waals surface area contributed by atoms with Gasteiger partial charge in [-0.2, -0.15) is 0 Å². The van der Waals surface area contributed by atoms with Gasteiger partial charge in [0.05, 0.1) is 0 Å². The molecule has 0 saturated carbocycles. The van der Waals surface area contributed by atoms with Gasteiger partial charge in [-0.3, -0.25) is 0 Å². The van der Waals surface area contributed by atoms with Crippen molar-refractivity contribution in [2.45, 2.75) is 36.5 Å². The summed E-state index contributed by atoms with van der Waals surface area (Å²) in [4.78, 5) is 4.86. The van der Waals surface area contributed by atoms with Gasteiger partial charge in [0.15, 0.2) is 0 Å². The fourth-order valence-corrected chi connectivity index (χ4v) is 12.8. The second-order valence-corrected chi connectivity index (χ2v) is 19.0. The largest absolute Gasteiger partial charge is 0.310 e. The molecule has 0 saturated heterocycles. The zero-order chi connectivity index (χ0) is 43.4. The Kier molecular flexibility index (Phi) is 8.10. The van der Waals surface area contributed by atoms with E-state index >= 15 is 0 Å². The summed E-state index contributed by atoms with van der Waals surface area (Å²) in [5, 5.41) is 2.80. The predicted molar refractivity (Wildman–Crippen MR) is 273 cm³/mol. The van der Waals surface area contributed by atoms with Gasteiger partial charge in [-0.15, -0.1) is 0 Å². The van der Waals surface area contributed by atoms with Crippen LogP contribution in [-0.4, -0.2) is 0 Å². The summed E-state index contributed by atoms with van der Waals surface area (Å²) in [5.41, 5.74) is 23.7. The Balaban J connectivity index is 1.03. The van der Waals surface area contributed by atoms with E-state index in [9.17, 15) is 0 Å². The van der Waals surface area contributed by atoms with Crippen LogP contribution in [0.4, 0.5) is 34.1 Å². The molecule has 0 amide bonds. The van der Waals surface area contributed by atoms with E-state index in [0.29, 0.717) is 0 Å². The van der Waals surface area contributed by atoms with Crippen molar-refractivity contribution in [3.8, 4) is 22.3 Å². The second kappa shape index (κ2) is 14.3. The highest BCUT2D eigenvalue weighted by Crippen LogP contribution is 2.63. The van der Waals surface area contributed by atoms with Crippen LogP contribution in [0.25, 0.3) is 33.0 Å². The number of anilines is 6. The van der Waals surface area contributed by atoms with Crippen molar-refractivity contribution in [2.24, 2.45) is 0 Å². The molecule has 0 bridgehead atoms. The molecule has 4 aliphatic carbocycles. The van der Waals surface area contributed by atoms with Gasteiger partial charge in [-0.1, -0.05) is 152 Å². The van der Waals surface area contributed by atoms with Gasteiger partial charge in [0, 0.05) is 45.0 Å². The van der Waals surface area contributed by atoms with Gasteiger partial charge < -0.3 is 9.80 Å². The molecule has 0 unspecified atom stereocenters. The third-order valence-corrected chi connectivity index (χ3v) is 15.6. The Morgan fingerprint density at radius 3 is 1.12 bits per heavy atom. The Hall–Kier alpha value is -7.94. The number of hydrogen-bond donors (Lipinski definition) is 0. The minimum absolute atomic E-state index is 0.222. The quantitative estimate of drug-likeness (QED) is 0.165. The van der Waals surface area contributed by atoms with Crippen LogP contribution in [0.15, 0.2) is 231 Å². The van der Waals surface area contributed by atoms with E-state index in [1.165, 1.54) is 88.9 Å². The Labute approximate surface area is 386 Å². The van der Waals surface area contributed by atoms with Crippen LogP contribution in [0.5, 0.6) is 0 Å². The third kappa shape index (κ3) is 5.36. The maximum Gasteiger partial charge on any atom is 0.0465 e. The zero-order valence-electron chi connectivity index (χ0n) is 36.7. The number of benzene rings is 10. The molecule has 0 radical (unpaired) electrons. The molecular formula is C64H46N2. The molecule has 2 heteroatoms. The molecule has 2 nitrogen and oxygen atoms in total. The van der Waals surface area contributed by atoms with Crippen molar-refractivity contribution in [1.82, 2.24) is 0 Å². The highest BCUT2D eigenvalue weighted by atomic mass is 15.1. The second-order valence-electron chi connectivity index (χ2n) is 19.0. The molecule has 0 aliphatic heterocycles. The molecular weight excluding hydrogens is 797 g/mol. The number of fused-ring (bicyclic) bond motifs is 12. The van der Waals surface area contributed by atoms with Crippen LogP contribution in [0.2, 0.25) is 0 Å². The maximum absolute atomic E-state index is 2.67. The summed E-state index contributed by atoms with van der Waals surface area (Å²) in [7, 11) is 0. The molecule has 4 aliphatic rings. The molecule has 10 aromatic rings. The number of para-hydroxylation sites is 4.